The number of urea groups is 1. The lowest BCUT2D eigenvalue weighted by Gasteiger charge is -2.17. The molecular weight excluding hydrogens is 261 g/mol. The lowest BCUT2D eigenvalue weighted by molar-refractivity contribution is -0.137. The molecule has 0 saturated heterocycles. The Hall–Kier alpha value is -2.25. The van der Waals surface area contributed by atoms with E-state index in [4.69, 9.17) is 11.1 Å². The van der Waals surface area contributed by atoms with Crippen LogP contribution in [0, 0.1) is 19.3 Å². The molecule has 2 amide bonds. The standard InChI is InChI=1S/C11H13F3N4O/c1-5-3-6(2)8(7(4-5)11(12,13)14)17-10(19)18-9(15)16/h3-4H,1-2H3,(H5,15,16,17,18,19). The molecule has 0 spiro atoms. The molecule has 0 bridgehead atoms. The molecule has 0 atom stereocenters. The fourth-order valence-electron chi connectivity index (χ4n) is 1.62. The number of alkyl halides is 3. The highest BCUT2D eigenvalue weighted by atomic mass is 19.4. The van der Waals surface area contributed by atoms with Crippen molar-refractivity contribution in [3.8, 4) is 0 Å². The molecule has 0 unspecified atom stereocenters. The van der Waals surface area contributed by atoms with Crippen molar-refractivity contribution in [3.63, 3.8) is 0 Å². The third-order valence-electron chi connectivity index (χ3n) is 2.27. The van der Waals surface area contributed by atoms with Crippen LogP contribution in [0.4, 0.5) is 23.7 Å². The van der Waals surface area contributed by atoms with E-state index in [0.717, 1.165) is 6.07 Å². The van der Waals surface area contributed by atoms with Gasteiger partial charge >= 0.3 is 12.2 Å². The molecular formula is C11H13F3N4O. The van der Waals surface area contributed by atoms with Gasteiger partial charge in [0.05, 0.1) is 11.3 Å². The Labute approximate surface area is 107 Å². The van der Waals surface area contributed by atoms with Crippen molar-refractivity contribution >= 4 is 17.7 Å². The molecule has 0 fully saturated rings. The molecule has 0 aliphatic carbocycles. The molecule has 0 heterocycles. The number of rotatable bonds is 1. The first-order chi connectivity index (χ1) is 8.61. The zero-order valence-electron chi connectivity index (χ0n) is 10.3. The van der Waals surface area contributed by atoms with E-state index >= 15 is 0 Å². The minimum absolute atomic E-state index is 0.269. The molecule has 19 heavy (non-hydrogen) atoms. The predicted molar refractivity (Wildman–Crippen MR) is 65.0 cm³/mol. The average molecular weight is 274 g/mol. The number of carbonyl (C=O) groups excluding carboxylic acids is 1. The van der Waals surface area contributed by atoms with Crippen molar-refractivity contribution in [1.29, 1.82) is 5.41 Å². The van der Waals surface area contributed by atoms with Gasteiger partial charge in [-0.2, -0.15) is 13.2 Å². The molecule has 0 radical (unpaired) electrons. The van der Waals surface area contributed by atoms with E-state index in [9.17, 15) is 18.0 Å². The Morgan fingerprint density at radius 3 is 2.37 bits per heavy atom. The monoisotopic (exact) mass is 274 g/mol. The number of benzene rings is 1. The minimum Gasteiger partial charge on any atom is -0.370 e. The fraction of sp³-hybridized carbons (Fsp3) is 0.273. The van der Waals surface area contributed by atoms with E-state index in [0.29, 0.717) is 5.56 Å². The van der Waals surface area contributed by atoms with E-state index in [1.165, 1.54) is 19.9 Å². The van der Waals surface area contributed by atoms with Crippen molar-refractivity contribution in [1.82, 2.24) is 5.32 Å². The minimum atomic E-state index is -4.59. The van der Waals surface area contributed by atoms with Gasteiger partial charge in [-0.25, -0.2) is 4.79 Å². The number of guanidine groups is 1. The first-order valence-electron chi connectivity index (χ1n) is 5.21. The number of anilines is 1. The van der Waals surface area contributed by atoms with Crippen molar-refractivity contribution in [2.75, 3.05) is 5.32 Å². The summed E-state index contributed by atoms with van der Waals surface area (Å²) >= 11 is 0. The summed E-state index contributed by atoms with van der Waals surface area (Å²) in [5, 5.41) is 10.7. The third kappa shape index (κ3) is 3.87. The van der Waals surface area contributed by atoms with E-state index in [1.807, 2.05) is 5.32 Å². The Morgan fingerprint density at radius 2 is 1.89 bits per heavy atom. The van der Waals surface area contributed by atoms with Crippen LogP contribution in [-0.4, -0.2) is 12.0 Å². The fourth-order valence-corrected chi connectivity index (χ4v) is 1.62. The second-order valence-corrected chi connectivity index (χ2v) is 3.99. The molecule has 8 heteroatoms. The van der Waals surface area contributed by atoms with Crippen LogP contribution in [0.15, 0.2) is 12.1 Å². The summed E-state index contributed by atoms with van der Waals surface area (Å²) in [6.07, 6.45) is -4.59. The Balaban J connectivity index is 3.19. The molecule has 5 N–H and O–H groups in total. The largest absolute Gasteiger partial charge is 0.418 e. The van der Waals surface area contributed by atoms with E-state index in [-0.39, 0.29) is 11.3 Å². The number of halogens is 3. The van der Waals surface area contributed by atoms with Gasteiger partial charge in [0, 0.05) is 0 Å². The summed E-state index contributed by atoms with van der Waals surface area (Å²) in [6, 6.07) is 1.46. The zero-order chi connectivity index (χ0) is 14.8. The van der Waals surface area contributed by atoms with Crippen molar-refractivity contribution in [2.45, 2.75) is 20.0 Å². The Bertz CT molecular complexity index is 525. The maximum absolute atomic E-state index is 12.9. The molecule has 0 saturated carbocycles. The Morgan fingerprint density at radius 1 is 1.32 bits per heavy atom. The van der Waals surface area contributed by atoms with Crippen molar-refractivity contribution in [2.24, 2.45) is 5.73 Å². The van der Waals surface area contributed by atoms with Crippen LogP contribution in [0.25, 0.3) is 0 Å². The molecule has 0 aromatic heterocycles. The first kappa shape index (κ1) is 14.8. The normalized spacial score (nSPS) is 11.0. The van der Waals surface area contributed by atoms with E-state index in [1.54, 1.807) is 0 Å². The smallest absolute Gasteiger partial charge is 0.370 e. The highest BCUT2D eigenvalue weighted by Gasteiger charge is 2.34. The molecule has 1 rings (SSSR count). The molecule has 0 aliphatic heterocycles. The van der Waals surface area contributed by atoms with Crippen molar-refractivity contribution in [3.05, 3.63) is 28.8 Å². The SMILES string of the molecule is Cc1cc(C)c(NC(=O)NC(=N)N)c(C(F)(F)F)c1. The van der Waals surface area contributed by atoms with Gasteiger partial charge in [0.25, 0.3) is 0 Å². The number of hydrogen-bond donors (Lipinski definition) is 4. The summed E-state index contributed by atoms with van der Waals surface area (Å²) in [4.78, 5) is 11.3. The summed E-state index contributed by atoms with van der Waals surface area (Å²) < 4.78 is 38.6. The summed E-state index contributed by atoms with van der Waals surface area (Å²) in [5.74, 6) is -0.657. The maximum Gasteiger partial charge on any atom is 0.418 e. The molecule has 5 nitrogen and oxygen atoms in total. The van der Waals surface area contributed by atoms with Gasteiger partial charge in [-0.1, -0.05) is 11.6 Å². The number of nitrogens with one attached hydrogen (secondary N) is 3. The number of aryl methyl sites for hydroxylation is 2. The van der Waals surface area contributed by atoms with Gasteiger partial charge in [-0.3, -0.25) is 10.7 Å². The van der Waals surface area contributed by atoms with E-state index < -0.39 is 23.7 Å². The number of carbonyl (C=O) groups is 1. The van der Waals surface area contributed by atoms with Gasteiger partial charge in [-0.05, 0) is 25.5 Å². The van der Waals surface area contributed by atoms with Crippen LogP contribution in [0.3, 0.4) is 0 Å². The number of nitrogens with two attached hydrogens (primary N) is 1. The molecule has 1 aromatic rings. The van der Waals surface area contributed by atoms with E-state index in [2.05, 4.69) is 5.32 Å². The Kier molecular flexibility index (Phi) is 4.03. The van der Waals surface area contributed by atoms with Crippen LogP contribution in [0.5, 0.6) is 0 Å². The highest BCUT2D eigenvalue weighted by Crippen LogP contribution is 2.37. The zero-order valence-corrected chi connectivity index (χ0v) is 10.3. The lowest BCUT2D eigenvalue weighted by atomic mass is 10.0. The van der Waals surface area contributed by atoms with Gasteiger partial charge < -0.3 is 11.1 Å². The van der Waals surface area contributed by atoms with Crippen LogP contribution in [0.2, 0.25) is 0 Å². The van der Waals surface area contributed by atoms with Gasteiger partial charge in [0.1, 0.15) is 0 Å². The maximum atomic E-state index is 12.9. The third-order valence-corrected chi connectivity index (χ3v) is 2.27. The predicted octanol–water partition coefficient (Wildman–Crippen LogP) is 2.34. The van der Waals surface area contributed by atoms with Crippen molar-refractivity contribution < 1.29 is 18.0 Å². The van der Waals surface area contributed by atoms with Crippen LogP contribution < -0.4 is 16.4 Å². The first-order valence-corrected chi connectivity index (χ1v) is 5.21. The summed E-state index contributed by atoms with van der Waals surface area (Å²) in [7, 11) is 0. The quantitative estimate of drug-likeness (QED) is 0.467. The second-order valence-electron chi connectivity index (χ2n) is 3.99. The molecule has 104 valence electrons. The summed E-state index contributed by atoms with van der Waals surface area (Å²) in [6.45, 7) is 2.98. The van der Waals surface area contributed by atoms with Crippen LogP contribution in [0.1, 0.15) is 16.7 Å². The number of amides is 2. The second kappa shape index (κ2) is 5.17. The topological polar surface area (TPSA) is 91.0 Å². The molecule has 0 aliphatic rings. The highest BCUT2D eigenvalue weighted by molar-refractivity contribution is 6.01. The van der Waals surface area contributed by atoms with Gasteiger partial charge in [0.15, 0.2) is 5.96 Å². The average Bonchev–Trinajstić information content (AvgIpc) is 2.18. The lowest BCUT2D eigenvalue weighted by Crippen LogP contribution is -2.39. The van der Waals surface area contributed by atoms with Gasteiger partial charge in [-0.15, -0.1) is 0 Å². The van der Waals surface area contributed by atoms with Gasteiger partial charge in [0.2, 0.25) is 0 Å². The van der Waals surface area contributed by atoms with Crippen LogP contribution in [-0.2, 0) is 6.18 Å². The number of hydrogen-bond acceptors (Lipinski definition) is 2. The van der Waals surface area contributed by atoms with Crippen LogP contribution >= 0.6 is 0 Å². The molecule has 1 aromatic carbocycles. The summed E-state index contributed by atoms with van der Waals surface area (Å²) in [5.41, 5.74) is 4.33.